The van der Waals surface area contributed by atoms with Gasteiger partial charge in [0.2, 0.25) is 5.60 Å². The fourth-order valence-electron chi connectivity index (χ4n) is 13.4. The predicted octanol–water partition coefficient (Wildman–Crippen LogP) is 6.42. The van der Waals surface area contributed by atoms with Crippen molar-refractivity contribution in [3.05, 3.63) is 106 Å². The lowest BCUT2D eigenvalue weighted by Gasteiger charge is -2.59. The van der Waals surface area contributed by atoms with Crippen LogP contribution in [0.4, 0.5) is 5.69 Å². The Morgan fingerprint density at radius 3 is 2.40 bits per heavy atom. The number of esters is 3. The predicted molar refractivity (Wildman–Crippen MR) is 240 cm³/mol. The highest BCUT2D eigenvalue weighted by molar-refractivity contribution is 5.96. The van der Waals surface area contributed by atoms with Gasteiger partial charge in [-0.3, -0.25) is 19.4 Å². The molecule has 10 rings (SSSR count). The Morgan fingerprint density at radius 1 is 0.921 bits per heavy atom. The molecule has 1 aliphatic carbocycles. The molecule has 1 saturated heterocycles. The summed E-state index contributed by atoms with van der Waals surface area (Å²) in [6.45, 7) is 9.19. The highest BCUT2D eigenvalue weighted by Gasteiger charge is 2.77. The van der Waals surface area contributed by atoms with E-state index < -0.39 is 52.4 Å². The molecule has 2 N–H and O–H groups in total. The van der Waals surface area contributed by atoms with Crippen LogP contribution in [0.1, 0.15) is 68.8 Å². The molecule has 4 aromatic rings. The minimum Gasteiger partial charge on any atom is -0.496 e. The molecule has 63 heavy (non-hydrogen) atoms. The number of ether oxygens (including phenoxy) is 4. The van der Waals surface area contributed by atoms with Crippen LogP contribution in [0.25, 0.3) is 22.0 Å². The second kappa shape index (κ2) is 15.1. The number of aromatic amines is 1. The van der Waals surface area contributed by atoms with Crippen molar-refractivity contribution in [2.24, 2.45) is 11.8 Å². The largest absolute Gasteiger partial charge is 0.496 e. The van der Waals surface area contributed by atoms with Gasteiger partial charge in [-0.05, 0) is 78.6 Å². The molecule has 2 fully saturated rings. The molecule has 0 radical (unpaired) electrons. The molecule has 12 heteroatoms. The number of H-pyrrole nitrogens is 1. The fraction of sp³-hybridized carbons (Fsp3) is 0.471. The molecule has 1 spiro atoms. The molecule has 5 aliphatic heterocycles. The smallest absolute Gasteiger partial charge is 0.344 e. The summed E-state index contributed by atoms with van der Waals surface area (Å²) in [5.41, 5.74) is 5.14. The van der Waals surface area contributed by atoms with Gasteiger partial charge in [0.25, 0.3) is 0 Å². The average molecular weight is 855 g/mol. The monoisotopic (exact) mass is 854 g/mol. The zero-order valence-corrected chi connectivity index (χ0v) is 37.3. The highest BCUT2D eigenvalue weighted by atomic mass is 16.6. The van der Waals surface area contributed by atoms with Gasteiger partial charge in [0.1, 0.15) is 11.2 Å². The molecule has 0 amide bonds. The van der Waals surface area contributed by atoms with E-state index in [0.717, 1.165) is 69.6 Å². The molecule has 2 unspecified atom stereocenters. The van der Waals surface area contributed by atoms with Gasteiger partial charge in [0.05, 0.1) is 27.4 Å². The van der Waals surface area contributed by atoms with E-state index in [9.17, 15) is 14.7 Å². The average Bonchev–Trinajstić information content (AvgIpc) is 3.94. The molecular formula is C51H58N4O8. The van der Waals surface area contributed by atoms with Crippen molar-refractivity contribution in [2.75, 3.05) is 59.5 Å². The Bertz CT molecular complexity index is 2600. The van der Waals surface area contributed by atoms with Crippen LogP contribution in [0.5, 0.6) is 5.75 Å². The van der Waals surface area contributed by atoms with E-state index >= 15 is 4.79 Å². The van der Waals surface area contributed by atoms with Crippen LogP contribution in [-0.2, 0) is 46.0 Å². The Kier molecular flexibility index (Phi) is 9.96. The number of nitrogens with zero attached hydrogens (tertiary/aromatic N) is 3. The zero-order chi connectivity index (χ0) is 44.2. The first-order chi connectivity index (χ1) is 30.4. The van der Waals surface area contributed by atoms with Gasteiger partial charge in [0.15, 0.2) is 6.10 Å². The number of hydrogen-bond acceptors (Lipinski definition) is 11. The summed E-state index contributed by atoms with van der Waals surface area (Å²) in [4.78, 5) is 53.6. The molecule has 330 valence electrons. The van der Waals surface area contributed by atoms with Crippen LogP contribution in [-0.4, -0.2) is 116 Å². The Labute approximate surface area is 368 Å². The number of fused-ring (bicyclic) bond motifs is 6. The van der Waals surface area contributed by atoms with E-state index in [4.69, 9.17) is 18.9 Å². The Balaban J connectivity index is 1.27. The van der Waals surface area contributed by atoms with E-state index in [1.54, 1.807) is 7.11 Å². The van der Waals surface area contributed by atoms with Crippen LogP contribution in [0.15, 0.2) is 84.0 Å². The number of methoxy groups -OCH3 is 3. The molecule has 3 aromatic carbocycles. The summed E-state index contributed by atoms with van der Waals surface area (Å²) >= 11 is 0. The number of nitrogens with one attached hydrogen (secondary N) is 1. The summed E-state index contributed by atoms with van der Waals surface area (Å²) < 4.78 is 24.1. The number of aliphatic hydroxyl groups is 1. The third-order valence-corrected chi connectivity index (χ3v) is 15.8. The first kappa shape index (κ1) is 41.6. The Morgan fingerprint density at radius 2 is 1.70 bits per heavy atom. The van der Waals surface area contributed by atoms with Gasteiger partial charge >= 0.3 is 17.9 Å². The standard InChI is InChI=1S/C51H58N4O8/c1-8-30-21-31-25-50(47(57)61-6,43-36(28-54(26-30)27-31)35-22-34(15-16-39(35)52-43)33-13-11-10-12-14-33)38-23-37-40(24-41(38)60-5)53(4)46-49(37)18-20-55-19-17-32(9-2)42(44(49)55)45(63-29(3)56)51(46,59)48(58)62-7/h10-17,21-24,31,42,44-46,52,59H,8-9,18-20,25-28H2,1-7H3/t31-,42?,44+,45-,46-,49-,50+,51-/m1/s1. The topological polar surface area (TPSA) is 134 Å². The third-order valence-electron chi connectivity index (χ3n) is 15.8. The lowest BCUT2D eigenvalue weighted by Crippen LogP contribution is -2.78. The van der Waals surface area contributed by atoms with Crippen molar-refractivity contribution in [3.63, 3.8) is 0 Å². The molecule has 1 saturated carbocycles. The van der Waals surface area contributed by atoms with Gasteiger partial charge < -0.3 is 33.9 Å². The molecule has 12 nitrogen and oxygen atoms in total. The second-order valence-electron chi connectivity index (χ2n) is 18.6. The number of aromatic nitrogens is 1. The minimum atomic E-state index is -2.27. The first-order valence-corrected chi connectivity index (χ1v) is 22.5. The third kappa shape index (κ3) is 5.72. The van der Waals surface area contributed by atoms with E-state index in [-0.39, 0.29) is 12.0 Å². The second-order valence-corrected chi connectivity index (χ2v) is 18.6. The summed E-state index contributed by atoms with van der Waals surface area (Å²) in [7, 11) is 6.25. The fourth-order valence-corrected chi connectivity index (χ4v) is 13.4. The SMILES string of the molecule is CCC1=C[C@H]2CN(C1)Cc1c([nH]c3ccc(-c4ccccc4)cc13)[C@@](C(=O)OC)(c1cc3c(cc1OC)N(C)[C@H]1[C@@](O)(C(=O)OC)[C@H](OC(C)=O)C4C(CC)=CCN5CC[C@]31[C@H]45)C2. The molecule has 6 aliphatic rings. The van der Waals surface area contributed by atoms with Crippen molar-refractivity contribution in [3.8, 4) is 16.9 Å². The summed E-state index contributed by atoms with van der Waals surface area (Å²) in [5.74, 6) is -1.85. The number of benzene rings is 3. The normalized spacial score (nSPS) is 31.7. The lowest BCUT2D eigenvalue weighted by atomic mass is 9.52. The van der Waals surface area contributed by atoms with Crippen molar-refractivity contribution in [1.82, 2.24) is 14.8 Å². The van der Waals surface area contributed by atoms with Crippen LogP contribution in [0.2, 0.25) is 0 Å². The van der Waals surface area contributed by atoms with Crippen LogP contribution in [0, 0.1) is 11.8 Å². The van der Waals surface area contributed by atoms with Gasteiger partial charge in [0, 0.05) is 91.4 Å². The molecule has 1 aromatic heterocycles. The van der Waals surface area contributed by atoms with Crippen molar-refractivity contribution in [2.45, 2.75) is 87.6 Å². The Hall–Kier alpha value is -5.43. The highest BCUT2D eigenvalue weighted by Crippen LogP contribution is 2.65. The van der Waals surface area contributed by atoms with E-state index in [1.165, 1.54) is 26.7 Å². The van der Waals surface area contributed by atoms with Gasteiger partial charge in [-0.1, -0.05) is 73.5 Å². The van der Waals surface area contributed by atoms with Gasteiger partial charge in [-0.25, -0.2) is 4.79 Å². The van der Waals surface area contributed by atoms with E-state index in [1.807, 2.05) is 36.2 Å². The maximum atomic E-state index is 15.4. The molecular weight excluding hydrogens is 797 g/mol. The van der Waals surface area contributed by atoms with Crippen LogP contribution >= 0.6 is 0 Å². The number of hydrogen-bond donors (Lipinski definition) is 2. The van der Waals surface area contributed by atoms with Crippen LogP contribution in [0.3, 0.4) is 0 Å². The summed E-state index contributed by atoms with van der Waals surface area (Å²) in [6, 6.07) is 19.8. The number of likely N-dealkylation sites (N-methyl/N-ethyl adjacent to an activating group) is 1. The van der Waals surface area contributed by atoms with Crippen molar-refractivity contribution < 1.29 is 38.4 Å². The quantitative estimate of drug-likeness (QED) is 0.116. The first-order valence-electron chi connectivity index (χ1n) is 22.5. The zero-order valence-electron chi connectivity index (χ0n) is 37.3. The van der Waals surface area contributed by atoms with Gasteiger partial charge in [-0.15, -0.1) is 0 Å². The molecule has 2 bridgehead atoms. The number of carbonyl (C=O) groups excluding carboxylic acids is 3. The van der Waals surface area contributed by atoms with Gasteiger partial charge in [-0.2, -0.15) is 0 Å². The van der Waals surface area contributed by atoms with E-state index in [0.29, 0.717) is 50.2 Å². The maximum absolute atomic E-state index is 15.4. The number of anilines is 1. The number of rotatable bonds is 8. The lowest BCUT2D eigenvalue weighted by molar-refractivity contribution is -0.212. The summed E-state index contributed by atoms with van der Waals surface area (Å²) in [5, 5.41) is 14.4. The number of carbonyl (C=O) groups is 3. The maximum Gasteiger partial charge on any atom is 0.344 e. The molecule has 6 heterocycles. The summed E-state index contributed by atoms with van der Waals surface area (Å²) in [6.07, 6.45) is 5.88. The van der Waals surface area contributed by atoms with Crippen molar-refractivity contribution in [1.29, 1.82) is 0 Å². The van der Waals surface area contributed by atoms with Crippen LogP contribution < -0.4 is 9.64 Å². The minimum absolute atomic E-state index is 0.00400. The van der Waals surface area contributed by atoms with Crippen molar-refractivity contribution >= 4 is 34.5 Å². The molecule has 9 atom stereocenters. The van der Waals surface area contributed by atoms with E-state index in [2.05, 4.69) is 77.2 Å².